The zero-order chi connectivity index (χ0) is 39.6. The number of para-hydroxylation sites is 2. The molecule has 6 aromatic heterocycles. The first kappa shape index (κ1) is 39.9. The standard InChI is InChI=1S/C19H21N7S.C18H20N8S.C2H6/c1-13(2)15-11-22-26-17(15)23-19(27-3)24-18(26)21-10-14-6-4-5-7-16(14)25-9-8-20-12-25;1-12(2)14-9-21-26-16(14)23-18(27-3)24-17(26)20-8-13-6-4-5-7-15(13)25-11-19-10-22-25;1-2/h4-9,11-13H,10H2,1-3H3,(H,21,23,24);4-7,9-12H,8H2,1-3H3,(H,20,23,24);1-2H3. The summed E-state index contributed by atoms with van der Waals surface area (Å²) in [6, 6.07) is 16.3. The van der Waals surface area contributed by atoms with Gasteiger partial charge in [0.15, 0.2) is 21.6 Å². The number of thioether (sulfide) groups is 2. The number of fused-ring (bicyclic) bond motifs is 2. The molecule has 0 bridgehead atoms. The van der Waals surface area contributed by atoms with Crippen molar-refractivity contribution in [2.75, 3.05) is 23.1 Å². The monoisotopic (exact) mass is 789 g/mol. The van der Waals surface area contributed by atoms with Gasteiger partial charge in [0.25, 0.3) is 0 Å². The summed E-state index contributed by atoms with van der Waals surface area (Å²) in [5.41, 5.74) is 8.21. The Hall–Kier alpha value is -5.81. The Kier molecular flexibility index (Phi) is 13.3. The highest BCUT2D eigenvalue weighted by atomic mass is 32.2. The average molecular weight is 790 g/mol. The van der Waals surface area contributed by atoms with Gasteiger partial charge in [-0.1, -0.05) is 101 Å². The molecule has 2 N–H and O–H groups in total. The first-order chi connectivity index (χ1) is 27.3. The number of hydrogen-bond acceptors (Lipinski definition) is 13. The lowest BCUT2D eigenvalue weighted by atomic mass is 10.1. The fourth-order valence-corrected chi connectivity index (χ4v) is 6.57. The molecule has 0 saturated carbocycles. The third kappa shape index (κ3) is 8.84. The summed E-state index contributed by atoms with van der Waals surface area (Å²) in [5.74, 6) is 2.05. The van der Waals surface area contributed by atoms with E-state index in [0.717, 1.165) is 55.2 Å². The van der Waals surface area contributed by atoms with Crippen molar-refractivity contribution in [1.82, 2.24) is 63.5 Å². The number of imidazole rings is 1. The van der Waals surface area contributed by atoms with Gasteiger partial charge in [0.05, 0.1) is 30.1 Å². The molecule has 0 spiro atoms. The maximum Gasteiger partial charge on any atom is 0.228 e. The van der Waals surface area contributed by atoms with Crippen LogP contribution in [-0.2, 0) is 13.1 Å². The molecular weight excluding hydrogens is 743 g/mol. The van der Waals surface area contributed by atoms with Crippen LogP contribution >= 0.6 is 23.5 Å². The number of rotatable bonds is 12. The van der Waals surface area contributed by atoms with Crippen molar-refractivity contribution >= 4 is 46.7 Å². The lowest BCUT2D eigenvalue weighted by Crippen LogP contribution is -2.11. The Balaban J connectivity index is 0.000000182. The molecular formula is C39H47N15S2. The van der Waals surface area contributed by atoms with Gasteiger partial charge in [0.1, 0.15) is 12.7 Å². The quantitative estimate of drug-likeness (QED) is 0.115. The van der Waals surface area contributed by atoms with Crippen molar-refractivity contribution in [3.8, 4) is 11.4 Å². The van der Waals surface area contributed by atoms with E-state index in [-0.39, 0.29) is 0 Å². The Morgan fingerprint density at radius 2 is 1.14 bits per heavy atom. The summed E-state index contributed by atoms with van der Waals surface area (Å²) >= 11 is 3.05. The molecule has 0 saturated heterocycles. The minimum atomic E-state index is 0.341. The second-order valence-electron chi connectivity index (χ2n) is 12.8. The summed E-state index contributed by atoms with van der Waals surface area (Å²) in [6.07, 6.45) is 16.4. The van der Waals surface area contributed by atoms with E-state index in [0.29, 0.717) is 36.8 Å². The summed E-state index contributed by atoms with van der Waals surface area (Å²) in [6.45, 7) is 13.8. The average Bonchev–Trinajstić information content (AvgIpc) is 4.07. The van der Waals surface area contributed by atoms with E-state index < -0.39 is 0 Å². The first-order valence-electron chi connectivity index (χ1n) is 18.4. The molecule has 17 heteroatoms. The van der Waals surface area contributed by atoms with E-state index in [9.17, 15) is 0 Å². The molecule has 8 aromatic rings. The van der Waals surface area contributed by atoms with E-state index >= 15 is 0 Å². The second-order valence-corrected chi connectivity index (χ2v) is 14.4. The number of nitrogens with one attached hydrogen (secondary N) is 2. The van der Waals surface area contributed by atoms with Gasteiger partial charge in [-0.2, -0.15) is 34.3 Å². The van der Waals surface area contributed by atoms with Crippen LogP contribution in [0.15, 0.2) is 103 Å². The molecule has 2 aromatic carbocycles. The zero-order valence-corrected chi connectivity index (χ0v) is 34.5. The summed E-state index contributed by atoms with van der Waals surface area (Å²) in [4.78, 5) is 26.7. The topological polar surface area (TPSA) is 159 Å². The highest BCUT2D eigenvalue weighted by molar-refractivity contribution is 7.98. The maximum absolute atomic E-state index is 4.65. The van der Waals surface area contributed by atoms with Crippen LogP contribution in [0.4, 0.5) is 11.9 Å². The molecule has 6 heterocycles. The van der Waals surface area contributed by atoms with Crippen molar-refractivity contribution in [2.24, 2.45) is 0 Å². The van der Waals surface area contributed by atoms with E-state index in [1.54, 1.807) is 32.6 Å². The van der Waals surface area contributed by atoms with E-state index in [4.69, 9.17) is 0 Å². The largest absolute Gasteiger partial charge is 0.350 e. The van der Waals surface area contributed by atoms with Crippen molar-refractivity contribution in [2.45, 2.75) is 76.8 Å². The molecule has 8 rings (SSSR count). The molecule has 0 fully saturated rings. The molecule has 56 heavy (non-hydrogen) atoms. The van der Waals surface area contributed by atoms with Gasteiger partial charge in [-0.25, -0.2) is 24.6 Å². The SMILES string of the molecule is CC.CSc1nc(NCc2ccccc2-n2ccnc2)n2ncc(C(C)C)c2n1.CSc1nc(NCc2ccccc2-n2cncn2)n2ncc(C(C)C)c2n1. The van der Waals surface area contributed by atoms with Crippen molar-refractivity contribution in [3.63, 3.8) is 0 Å². The minimum absolute atomic E-state index is 0.341. The Morgan fingerprint density at radius 3 is 1.61 bits per heavy atom. The van der Waals surface area contributed by atoms with E-state index in [2.05, 4.69) is 102 Å². The van der Waals surface area contributed by atoms with Gasteiger partial charge in [0, 0.05) is 36.6 Å². The number of benzene rings is 2. The Morgan fingerprint density at radius 1 is 0.625 bits per heavy atom. The lowest BCUT2D eigenvalue weighted by molar-refractivity contribution is 0.818. The fraction of sp³-hybridized carbons (Fsp3) is 0.308. The number of hydrogen-bond donors (Lipinski definition) is 2. The third-order valence-electron chi connectivity index (χ3n) is 8.66. The molecule has 290 valence electrons. The molecule has 0 atom stereocenters. The smallest absolute Gasteiger partial charge is 0.228 e. The summed E-state index contributed by atoms with van der Waals surface area (Å²) in [5, 5.41) is 21.5. The highest BCUT2D eigenvalue weighted by Crippen LogP contribution is 2.25. The van der Waals surface area contributed by atoms with Gasteiger partial charge < -0.3 is 15.2 Å². The van der Waals surface area contributed by atoms with Crippen LogP contribution in [-0.4, -0.2) is 76.0 Å². The van der Waals surface area contributed by atoms with Crippen LogP contribution in [0.2, 0.25) is 0 Å². The molecule has 0 aliphatic carbocycles. The zero-order valence-electron chi connectivity index (χ0n) is 32.9. The molecule has 0 unspecified atom stereocenters. The van der Waals surface area contributed by atoms with Gasteiger partial charge in [-0.3, -0.25) is 0 Å². The van der Waals surface area contributed by atoms with E-state index in [1.807, 2.05) is 79.8 Å². The van der Waals surface area contributed by atoms with Gasteiger partial charge in [0.2, 0.25) is 11.9 Å². The normalized spacial score (nSPS) is 11.1. The molecule has 0 aliphatic heterocycles. The predicted molar refractivity (Wildman–Crippen MR) is 224 cm³/mol. The van der Waals surface area contributed by atoms with Gasteiger partial charge in [-0.15, -0.1) is 0 Å². The highest BCUT2D eigenvalue weighted by Gasteiger charge is 2.17. The van der Waals surface area contributed by atoms with Crippen LogP contribution in [0.25, 0.3) is 22.7 Å². The molecule has 15 nitrogen and oxygen atoms in total. The van der Waals surface area contributed by atoms with Crippen LogP contribution in [0, 0.1) is 0 Å². The second kappa shape index (κ2) is 18.7. The van der Waals surface area contributed by atoms with Crippen LogP contribution in [0.5, 0.6) is 0 Å². The third-order valence-corrected chi connectivity index (χ3v) is 9.76. The molecule has 0 amide bonds. The van der Waals surface area contributed by atoms with Gasteiger partial charge >= 0.3 is 0 Å². The molecule has 0 radical (unpaired) electrons. The van der Waals surface area contributed by atoms with E-state index in [1.165, 1.54) is 29.9 Å². The minimum Gasteiger partial charge on any atom is -0.350 e. The van der Waals surface area contributed by atoms with Crippen LogP contribution in [0.1, 0.15) is 75.6 Å². The van der Waals surface area contributed by atoms with Crippen molar-refractivity contribution in [1.29, 1.82) is 0 Å². The van der Waals surface area contributed by atoms with Crippen LogP contribution < -0.4 is 10.6 Å². The summed E-state index contributed by atoms with van der Waals surface area (Å²) < 4.78 is 7.32. The number of aromatic nitrogens is 13. The number of anilines is 2. The van der Waals surface area contributed by atoms with Gasteiger partial charge in [-0.05, 0) is 47.6 Å². The van der Waals surface area contributed by atoms with Crippen molar-refractivity contribution < 1.29 is 0 Å². The maximum atomic E-state index is 4.65. The summed E-state index contributed by atoms with van der Waals surface area (Å²) in [7, 11) is 0. The van der Waals surface area contributed by atoms with Crippen molar-refractivity contribution in [3.05, 3.63) is 115 Å². The Bertz CT molecular complexity index is 2280. The number of nitrogens with zero attached hydrogens (tertiary/aromatic N) is 13. The molecule has 0 aliphatic rings. The fourth-order valence-electron chi connectivity index (χ4n) is 5.85. The Labute approximate surface area is 334 Å². The lowest BCUT2D eigenvalue weighted by Gasteiger charge is -2.13. The predicted octanol–water partition coefficient (Wildman–Crippen LogP) is 7.96. The van der Waals surface area contributed by atoms with Crippen LogP contribution in [0.3, 0.4) is 0 Å². The first-order valence-corrected chi connectivity index (χ1v) is 20.9.